The average molecular weight is 399 g/mol. The van der Waals surface area contributed by atoms with Gasteiger partial charge in [0.25, 0.3) is 5.69 Å². The van der Waals surface area contributed by atoms with Crippen LogP contribution in [0.5, 0.6) is 0 Å². The Balaban J connectivity index is 1.57. The Labute approximate surface area is 169 Å². The van der Waals surface area contributed by atoms with Gasteiger partial charge in [0, 0.05) is 19.0 Å². The first kappa shape index (κ1) is 21.9. The van der Waals surface area contributed by atoms with Crippen molar-refractivity contribution in [1.82, 2.24) is 5.32 Å². The number of carbonyl (C=O) groups is 2. The van der Waals surface area contributed by atoms with Crippen LogP contribution in [0, 0.1) is 17.0 Å². The molecular weight excluding hydrogens is 374 g/mol. The van der Waals surface area contributed by atoms with E-state index in [1.807, 2.05) is 31.2 Å². The van der Waals surface area contributed by atoms with E-state index in [1.54, 1.807) is 18.2 Å². The number of aryl methyl sites for hydroxylation is 2. The van der Waals surface area contributed by atoms with Crippen LogP contribution < -0.4 is 10.6 Å². The molecule has 1 amide bonds. The van der Waals surface area contributed by atoms with Crippen molar-refractivity contribution in [3.8, 4) is 0 Å². The Bertz CT molecular complexity index is 836. The summed E-state index contributed by atoms with van der Waals surface area (Å²) in [5.41, 5.74) is 2.58. The average Bonchev–Trinajstić information content (AvgIpc) is 2.71. The standard InChI is InChI=1S/C21H25N3O5/c1-16-6-8-17(9-7-16)10-11-20(25)23-14-15-29-21(26)12-13-22-18-4-2-3-5-19(18)24(27)28/h2-9,22H,10-15H2,1H3,(H,23,25). The third kappa shape index (κ3) is 8.00. The van der Waals surface area contributed by atoms with Crippen molar-refractivity contribution in [3.63, 3.8) is 0 Å². The lowest BCUT2D eigenvalue weighted by Crippen LogP contribution is -2.28. The number of esters is 1. The molecule has 0 radical (unpaired) electrons. The molecule has 8 heteroatoms. The molecular formula is C21H25N3O5. The van der Waals surface area contributed by atoms with Crippen LogP contribution in [0.2, 0.25) is 0 Å². The zero-order valence-electron chi connectivity index (χ0n) is 16.3. The van der Waals surface area contributed by atoms with E-state index < -0.39 is 10.9 Å². The normalized spacial score (nSPS) is 10.2. The smallest absolute Gasteiger partial charge is 0.307 e. The molecule has 0 aliphatic rings. The summed E-state index contributed by atoms with van der Waals surface area (Å²) >= 11 is 0. The van der Waals surface area contributed by atoms with Crippen molar-refractivity contribution in [2.24, 2.45) is 0 Å². The van der Waals surface area contributed by atoms with Gasteiger partial charge in [0.1, 0.15) is 12.3 Å². The fourth-order valence-corrected chi connectivity index (χ4v) is 2.61. The molecule has 0 saturated heterocycles. The van der Waals surface area contributed by atoms with Crippen molar-refractivity contribution in [2.45, 2.75) is 26.2 Å². The highest BCUT2D eigenvalue weighted by molar-refractivity contribution is 5.76. The van der Waals surface area contributed by atoms with Crippen molar-refractivity contribution in [1.29, 1.82) is 0 Å². The summed E-state index contributed by atoms with van der Waals surface area (Å²) in [6.45, 7) is 2.56. The Morgan fingerprint density at radius 2 is 1.76 bits per heavy atom. The zero-order chi connectivity index (χ0) is 21.1. The summed E-state index contributed by atoms with van der Waals surface area (Å²) < 4.78 is 5.06. The van der Waals surface area contributed by atoms with Crippen LogP contribution in [-0.2, 0) is 20.7 Å². The molecule has 2 N–H and O–H groups in total. The number of carbonyl (C=O) groups excluding carboxylic acids is 2. The second-order valence-electron chi connectivity index (χ2n) is 6.51. The van der Waals surface area contributed by atoms with Crippen molar-refractivity contribution in [2.75, 3.05) is 25.0 Å². The van der Waals surface area contributed by atoms with E-state index in [0.717, 1.165) is 5.56 Å². The zero-order valence-corrected chi connectivity index (χ0v) is 16.3. The van der Waals surface area contributed by atoms with Crippen LogP contribution in [0.1, 0.15) is 24.0 Å². The van der Waals surface area contributed by atoms with E-state index in [0.29, 0.717) is 18.5 Å². The lowest BCUT2D eigenvalue weighted by molar-refractivity contribution is -0.384. The van der Waals surface area contributed by atoms with Gasteiger partial charge in [-0.3, -0.25) is 19.7 Å². The van der Waals surface area contributed by atoms with Crippen LogP contribution in [0.4, 0.5) is 11.4 Å². The van der Waals surface area contributed by atoms with E-state index in [9.17, 15) is 19.7 Å². The molecule has 0 atom stereocenters. The van der Waals surface area contributed by atoms with Gasteiger partial charge in [-0.05, 0) is 25.0 Å². The highest BCUT2D eigenvalue weighted by Crippen LogP contribution is 2.22. The Morgan fingerprint density at radius 3 is 2.48 bits per heavy atom. The molecule has 29 heavy (non-hydrogen) atoms. The van der Waals surface area contributed by atoms with Crippen LogP contribution in [0.3, 0.4) is 0 Å². The molecule has 2 aromatic rings. The molecule has 0 aliphatic heterocycles. The third-order valence-corrected chi connectivity index (χ3v) is 4.19. The van der Waals surface area contributed by atoms with Gasteiger partial charge in [0.15, 0.2) is 0 Å². The number of nitrogens with one attached hydrogen (secondary N) is 2. The minimum Gasteiger partial charge on any atom is -0.464 e. The monoisotopic (exact) mass is 399 g/mol. The van der Waals surface area contributed by atoms with Gasteiger partial charge in [0.05, 0.1) is 17.9 Å². The van der Waals surface area contributed by atoms with Gasteiger partial charge < -0.3 is 15.4 Å². The van der Waals surface area contributed by atoms with Gasteiger partial charge in [-0.1, -0.05) is 42.0 Å². The highest BCUT2D eigenvalue weighted by Gasteiger charge is 2.12. The van der Waals surface area contributed by atoms with Crippen LogP contribution in [-0.4, -0.2) is 36.5 Å². The number of nitrogens with zero attached hydrogens (tertiary/aromatic N) is 1. The summed E-state index contributed by atoms with van der Waals surface area (Å²) in [6, 6.07) is 14.2. The molecule has 0 heterocycles. The maximum absolute atomic E-state index is 11.8. The summed E-state index contributed by atoms with van der Waals surface area (Å²) in [6.07, 6.45) is 1.09. The topological polar surface area (TPSA) is 111 Å². The molecule has 154 valence electrons. The Hall–Kier alpha value is -3.42. The fourth-order valence-electron chi connectivity index (χ4n) is 2.61. The second-order valence-corrected chi connectivity index (χ2v) is 6.51. The number of rotatable bonds is 11. The van der Waals surface area contributed by atoms with Crippen LogP contribution in [0.15, 0.2) is 48.5 Å². The molecule has 0 unspecified atom stereocenters. The molecule has 0 aromatic heterocycles. The largest absolute Gasteiger partial charge is 0.464 e. The predicted molar refractivity (Wildman–Crippen MR) is 110 cm³/mol. The quantitative estimate of drug-likeness (QED) is 0.260. The van der Waals surface area contributed by atoms with Gasteiger partial charge >= 0.3 is 5.97 Å². The number of nitro benzene ring substituents is 1. The predicted octanol–water partition coefficient (Wildman–Crippen LogP) is 3.00. The number of para-hydroxylation sites is 2. The van der Waals surface area contributed by atoms with Crippen LogP contribution in [0.25, 0.3) is 0 Å². The number of amides is 1. The van der Waals surface area contributed by atoms with E-state index in [4.69, 9.17) is 4.74 Å². The van der Waals surface area contributed by atoms with E-state index >= 15 is 0 Å². The van der Waals surface area contributed by atoms with Gasteiger partial charge in [-0.25, -0.2) is 0 Å². The Morgan fingerprint density at radius 1 is 1.03 bits per heavy atom. The minimum atomic E-state index is -0.484. The van der Waals surface area contributed by atoms with Gasteiger partial charge in [-0.2, -0.15) is 0 Å². The highest BCUT2D eigenvalue weighted by atomic mass is 16.6. The van der Waals surface area contributed by atoms with Gasteiger partial charge in [0.2, 0.25) is 5.91 Å². The molecule has 8 nitrogen and oxygen atoms in total. The maximum Gasteiger partial charge on any atom is 0.307 e. The van der Waals surface area contributed by atoms with Crippen molar-refractivity contribution >= 4 is 23.3 Å². The number of ether oxygens (including phenoxy) is 1. The summed E-state index contributed by atoms with van der Waals surface area (Å²) in [5, 5.41) is 16.5. The molecule has 0 saturated carbocycles. The molecule has 0 aliphatic carbocycles. The van der Waals surface area contributed by atoms with E-state index in [-0.39, 0.29) is 37.7 Å². The third-order valence-electron chi connectivity index (χ3n) is 4.19. The van der Waals surface area contributed by atoms with E-state index in [1.165, 1.54) is 11.6 Å². The first-order chi connectivity index (χ1) is 14.0. The Kier molecular flexibility index (Phi) is 8.62. The fraction of sp³-hybridized carbons (Fsp3) is 0.333. The molecule has 2 aromatic carbocycles. The first-order valence-corrected chi connectivity index (χ1v) is 9.41. The maximum atomic E-state index is 11.8. The molecule has 0 fully saturated rings. The lowest BCUT2D eigenvalue weighted by Gasteiger charge is -2.08. The number of hydrogen-bond acceptors (Lipinski definition) is 6. The summed E-state index contributed by atoms with van der Waals surface area (Å²) in [4.78, 5) is 34.0. The van der Waals surface area contributed by atoms with E-state index in [2.05, 4.69) is 10.6 Å². The number of nitro groups is 1. The van der Waals surface area contributed by atoms with Gasteiger partial charge in [-0.15, -0.1) is 0 Å². The number of hydrogen-bond donors (Lipinski definition) is 2. The second kappa shape index (κ2) is 11.4. The summed E-state index contributed by atoms with van der Waals surface area (Å²) in [5.74, 6) is -0.537. The first-order valence-electron chi connectivity index (χ1n) is 9.41. The van der Waals surface area contributed by atoms with Crippen molar-refractivity contribution < 1.29 is 19.2 Å². The van der Waals surface area contributed by atoms with Crippen LogP contribution >= 0.6 is 0 Å². The molecule has 0 spiro atoms. The lowest BCUT2D eigenvalue weighted by atomic mass is 10.1. The summed E-state index contributed by atoms with van der Waals surface area (Å²) in [7, 11) is 0. The number of benzene rings is 2. The SMILES string of the molecule is Cc1ccc(CCC(=O)NCCOC(=O)CCNc2ccccc2[N+](=O)[O-])cc1. The minimum absolute atomic E-state index is 0.0470. The molecule has 2 rings (SSSR count). The number of anilines is 1. The molecule has 0 bridgehead atoms. The van der Waals surface area contributed by atoms with Crippen molar-refractivity contribution in [3.05, 3.63) is 69.8 Å².